The molecule has 1 fully saturated rings. The van der Waals surface area contributed by atoms with E-state index in [9.17, 15) is 9.18 Å². The molecule has 2 heterocycles. The minimum atomic E-state index is -0.371. The fourth-order valence-corrected chi connectivity index (χ4v) is 4.55. The molecule has 0 saturated heterocycles. The van der Waals surface area contributed by atoms with Crippen LogP contribution in [0.3, 0.4) is 0 Å². The predicted octanol–water partition coefficient (Wildman–Crippen LogP) is 6.75. The number of aromatic nitrogens is 1. The average Bonchev–Trinajstić information content (AvgIpc) is 2.92. The fraction of sp³-hybridized carbons (Fsp3) is 0.267. The zero-order valence-corrected chi connectivity index (χ0v) is 21.4. The van der Waals surface area contributed by atoms with Crippen molar-refractivity contribution in [3.8, 4) is 28.7 Å². The highest BCUT2D eigenvalue weighted by Crippen LogP contribution is 2.49. The van der Waals surface area contributed by atoms with E-state index in [1.165, 1.54) is 18.6 Å². The van der Waals surface area contributed by atoms with Gasteiger partial charge in [0.05, 0.1) is 23.0 Å². The number of nitrogens with zero attached hydrogens (tertiary/aromatic N) is 1. The lowest BCUT2D eigenvalue weighted by Gasteiger charge is -2.29. The lowest BCUT2D eigenvalue weighted by Crippen LogP contribution is -2.31. The molecule has 1 aromatic heterocycles. The predicted molar refractivity (Wildman–Crippen MR) is 144 cm³/mol. The van der Waals surface area contributed by atoms with E-state index in [4.69, 9.17) is 18.9 Å². The first-order chi connectivity index (χ1) is 19.0. The maximum Gasteiger partial charge on any atom is 0.319 e. The van der Waals surface area contributed by atoms with Gasteiger partial charge in [-0.05, 0) is 74.2 Å². The second-order valence-corrected chi connectivity index (χ2v) is 9.60. The maximum absolute atomic E-state index is 13.2. The lowest BCUT2D eigenvalue weighted by atomic mass is 9.96. The van der Waals surface area contributed by atoms with Gasteiger partial charge in [-0.3, -0.25) is 4.98 Å². The quantitative estimate of drug-likeness (QED) is 0.275. The summed E-state index contributed by atoms with van der Waals surface area (Å²) in [4.78, 5) is 17.0. The Balaban J connectivity index is 1.17. The summed E-state index contributed by atoms with van der Waals surface area (Å²) in [6.45, 7) is 2.70. The third kappa shape index (κ3) is 5.38. The van der Waals surface area contributed by atoms with Crippen LogP contribution in [0.25, 0.3) is 10.9 Å². The smallest absolute Gasteiger partial charge is 0.319 e. The Morgan fingerprint density at radius 1 is 1.00 bits per heavy atom. The number of ether oxygens (including phenoxy) is 4. The SMILES string of the molecule is C[C@@H](NC(=O)Nc1ccc(Oc2ccnc3cc(OC4CCC4)c4c(c23)OCCO4)cc1)c1ccc(F)cc1. The van der Waals surface area contributed by atoms with Crippen LogP contribution in [0.15, 0.2) is 66.9 Å². The van der Waals surface area contributed by atoms with Gasteiger partial charge in [0.25, 0.3) is 0 Å². The molecule has 0 bridgehead atoms. The highest BCUT2D eigenvalue weighted by Gasteiger charge is 2.28. The zero-order valence-electron chi connectivity index (χ0n) is 21.4. The van der Waals surface area contributed by atoms with Crippen molar-refractivity contribution in [2.75, 3.05) is 18.5 Å². The summed E-state index contributed by atoms with van der Waals surface area (Å²) < 4.78 is 37.5. The Bertz CT molecular complexity index is 1490. The Kier molecular flexibility index (Phi) is 6.79. The molecule has 200 valence electrons. The lowest BCUT2D eigenvalue weighted by molar-refractivity contribution is 0.106. The highest BCUT2D eigenvalue weighted by molar-refractivity contribution is 5.95. The summed E-state index contributed by atoms with van der Waals surface area (Å²) >= 11 is 0. The first-order valence-electron chi connectivity index (χ1n) is 13.0. The molecule has 1 aliphatic heterocycles. The van der Waals surface area contributed by atoms with Crippen molar-refractivity contribution in [1.82, 2.24) is 10.3 Å². The molecule has 0 spiro atoms. The monoisotopic (exact) mass is 529 g/mol. The van der Waals surface area contributed by atoms with Crippen LogP contribution in [-0.4, -0.2) is 30.3 Å². The third-order valence-corrected chi connectivity index (χ3v) is 6.85. The summed E-state index contributed by atoms with van der Waals surface area (Å²) in [5.41, 5.74) is 2.09. The molecule has 2 amide bonds. The van der Waals surface area contributed by atoms with E-state index in [1.807, 2.05) is 13.0 Å². The summed E-state index contributed by atoms with van der Waals surface area (Å²) in [6.07, 6.45) is 5.11. The van der Waals surface area contributed by atoms with Gasteiger partial charge in [-0.25, -0.2) is 9.18 Å². The minimum absolute atomic E-state index is 0.192. The molecule has 1 saturated carbocycles. The number of nitrogens with one attached hydrogen (secondary N) is 2. The summed E-state index contributed by atoms with van der Waals surface area (Å²) in [5, 5.41) is 6.36. The van der Waals surface area contributed by atoms with Crippen LogP contribution in [-0.2, 0) is 0 Å². The minimum Gasteiger partial charge on any atom is -0.486 e. The number of rotatable bonds is 7. The van der Waals surface area contributed by atoms with Gasteiger partial charge in [0.15, 0.2) is 11.5 Å². The van der Waals surface area contributed by atoms with Gasteiger partial charge in [-0.2, -0.15) is 0 Å². The van der Waals surface area contributed by atoms with Crippen LogP contribution in [0, 0.1) is 5.82 Å². The number of hydrogen-bond acceptors (Lipinski definition) is 6. The Morgan fingerprint density at radius 2 is 1.74 bits per heavy atom. The standard InChI is InChI=1S/C30H28FN3O5/c1-18(19-5-7-20(31)8-6-19)33-30(35)34-21-9-11-23(12-10-21)38-25-13-14-32-24-17-26(39-22-3-2-4-22)28-29(27(24)25)37-16-15-36-28/h5-14,17-18,22H,2-4,15-16H2,1H3,(H2,33,34,35)/t18-/m1/s1. The van der Waals surface area contributed by atoms with Gasteiger partial charge in [-0.1, -0.05) is 12.1 Å². The van der Waals surface area contributed by atoms with E-state index >= 15 is 0 Å². The number of urea groups is 1. The largest absolute Gasteiger partial charge is 0.486 e. The van der Waals surface area contributed by atoms with E-state index < -0.39 is 0 Å². The van der Waals surface area contributed by atoms with E-state index in [0.29, 0.717) is 58.6 Å². The number of pyridine rings is 1. The molecule has 6 rings (SSSR count). The van der Waals surface area contributed by atoms with Crippen LogP contribution in [0.1, 0.15) is 37.8 Å². The molecule has 8 nitrogen and oxygen atoms in total. The number of halogens is 1. The molecule has 39 heavy (non-hydrogen) atoms. The zero-order chi connectivity index (χ0) is 26.8. The topological polar surface area (TPSA) is 90.9 Å². The van der Waals surface area contributed by atoms with Gasteiger partial charge in [0.2, 0.25) is 5.75 Å². The molecule has 2 N–H and O–H groups in total. The Labute approximate surface area is 225 Å². The van der Waals surface area contributed by atoms with Crippen molar-refractivity contribution in [2.45, 2.75) is 38.3 Å². The van der Waals surface area contributed by atoms with Crippen LogP contribution in [0.2, 0.25) is 0 Å². The Morgan fingerprint density at radius 3 is 2.46 bits per heavy atom. The van der Waals surface area contributed by atoms with Gasteiger partial charge in [-0.15, -0.1) is 0 Å². The molecular weight excluding hydrogens is 501 g/mol. The number of carbonyl (C=O) groups is 1. The van der Waals surface area contributed by atoms with Crippen LogP contribution >= 0.6 is 0 Å². The van der Waals surface area contributed by atoms with Crippen LogP contribution in [0.4, 0.5) is 14.9 Å². The van der Waals surface area contributed by atoms with Gasteiger partial charge < -0.3 is 29.6 Å². The highest BCUT2D eigenvalue weighted by atomic mass is 19.1. The van der Waals surface area contributed by atoms with Gasteiger partial charge in [0.1, 0.15) is 30.5 Å². The van der Waals surface area contributed by atoms with Crippen molar-refractivity contribution >= 4 is 22.6 Å². The van der Waals surface area contributed by atoms with E-state index in [0.717, 1.165) is 18.4 Å². The van der Waals surface area contributed by atoms with Crippen molar-refractivity contribution in [2.24, 2.45) is 0 Å². The second-order valence-electron chi connectivity index (χ2n) is 9.60. The van der Waals surface area contributed by atoms with E-state index in [2.05, 4.69) is 15.6 Å². The summed E-state index contributed by atoms with van der Waals surface area (Å²) in [5.74, 6) is 2.63. The molecule has 0 radical (unpaired) electrons. The molecule has 0 unspecified atom stereocenters. The van der Waals surface area contributed by atoms with E-state index in [-0.39, 0.29) is 24.0 Å². The normalized spacial score (nSPS) is 15.2. The number of hydrogen-bond donors (Lipinski definition) is 2. The molecule has 1 atom stereocenters. The number of fused-ring (bicyclic) bond motifs is 3. The fourth-order valence-electron chi connectivity index (χ4n) is 4.55. The second kappa shape index (κ2) is 10.7. The van der Waals surface area contributed by atoms with Crippen molar-refractivity contribution < 1.29 is 28.1 Å². The molecule has 4 aromatic rings. The maximum atomic E-state index is 13.2. The van der Waals surface area contributed by atoms with Crippen LogP contribution < -0.4 is 29.6 Å². The first kappa shape index (κ1) is 24.8. The van der Waals surface area contributed by atoms with Crippen molar-refractivity contribution in [3.05, 3.63) is 78.2 Å². The number of carbonyl (C=O) groups excluding carboxylic acids is 1. The molecule has 3 aromatic carbocycles. The summed E-state index contributed by atoms with van der Waals surface area (Å²) in [7, 11) is 0. The number of benzene rings is 3. The Hall–Kier alpha value is -4.53. The number of anilines is 1. The average molecular weight is 530 g/mol. The molecule has 2 aliphatic rings. The third-order valence-electron chi connectivity index (χ3n) is 6.85. The van der Waals surface area contributed by atoms with Gasteiger partial charge >= 0.3 is 6.03 Å². The molecular formula is C30H28FN3O5. The molecule has 1 aliphatic carbocycles. The first-order valence-corrected chi connectivity index (χ1v) is 13.0. The van der Waals surface area contributed by atoms with E-state index in [1.54, 1.807) is 48.7 Å². The van der Waals surface area contributed by atoms with Gasteiger partial charge in [0, 0.05) is 18.0 Å². The van der Waals surface area contributed by atoms with Crippen LogP contribution in [0.5, 0.6) is 28.7 Å². The van der Waals surface area contributed by atoms with Crippen molar-refractivity contribution in [1.29, 1.82) is 0 Å². The number of amides is 2. The summed E-state index contributed by atoms with van der Waals surface area (Å²) in [6, 6.07) is 16.1. The van der Waals surface area contributed by atoms with Crippen molar-refractivity contribution in [3.63, 3.8) is 0 Å². The molecule has 9 heteroatoms.